The van der Waals surface area contributed by atoms with Crippen molar-refractivity contribution in [1.29, 1.82) is 0 Å². The third-order valence-corrected chi connectivity index (χ3v) is 2.44. The Morgan fingerprint density at radius 3 is 2.50 bits per heavy atom. The van der Waals surface area contributed by atoms with Gasteiger partial charge in [0, 0.05) is 17.9 Å². The maximum absolute atomic E-state index is 3.94. The fraction of sp³-hybridized carbons (Fsp3) is 0.417. The van der Waals surface area contributed by atoms with Crippen LogP contribution in [0.1, 0.15) is 12.5 Å². The first-order chi connectivity index (χ1) is 6.72. The Hall–Kier alpha value is -0.340. The van der Waals surface area contributed by atoms with Gasteiger partial charge in [-0.1, -0.05) is 53.2 Å². The number of hydrogen-bond acceptors (Lipinski definition) is 1. The molecule has 1 aromatic carbocycles. The first kappa shape index (κ1) is 11.7. The molecule has 0 N–H and O–H groups in total. The number of rotatable bonds is 5. The molecule has 0 aliphatic heterocycles. The molecule has 0 bridgehead atoms. The second kappa shape index (κ2) is 6.20. The van der Waals surface area contributed by atoms with E-state index in [9.17, 15) is 0 Å². The predicted octanol–water partition coefficient (Wildman–Crippen LogP) is 3.11. The van der Waals surface area contributed by atoms with Crippen molar-refractivity contribution in [2.45, 2.75) is 18.3 Å². The van der Waals surface area contributed by atoms with Gasteiger partial charge in [0.1, 0.15) is 0 Å². The fourth-order valence-corrected chi connectivity index (χ4v) is 1.84. The van der Waals surface area contributed by atoms with Gasteiger partial charge in [-0.05, 0) is 19.0 Å². The maximum atomic E-state index is 3.94. The number of halogens is 1. The third kappa shape index (κ3) is 4.25. The van der Waals surface area contributed by atoms with Gasteiger partial charge in [-0.3, -0.25) is 4.90 Å². The molecule has 1 nitrogen and oxygen atoms in total. The lowest BCUT2D eigenvalue weighted by atomic mass is 10.2. The third-order valence-electron chi connectivity index (χ3n) is 2.15. The Morgan fingerprint density at radius 2 is 2.00 bits per heavy atom. The lowest BCUT2D eigenvalue weighted by Crippen LogP contribution is -2.28. The first-order valence-electron chi connectivity index (χ1n) is 4.95. The van der Waals surface area contributed by atoms with Crippen LogP contribution in [0.2, 0.25) is 0 Å². The van der Waals surface area contributed by atoms with Crippen molar-refractivity contribution in [1.82, 2.24) is 4.90 Å². The van der Waals surface area contributed by atoms with Crippen LogP contribution >= 0.6 is 15.9 Å². The second-order valence-corrected chi connectivity index (χ2v) is 4.71. The zero-order chi connectivity index (χ0) is 10.4. The molecular weight excluding hydrogens is 238 g/mol. The van der Waals surface area contributed by atoms with E-state index < -0.39 is 0 Å². The highest BCUT2D eigenvalue weighted by Gasteiger charge is 2.06. The molecule has 77 valence electrons. The SMILES string of the molecule is [CH2]C(Br)CN(CC)Cc1ccccc1. The molecule has 1 unspecified atom stereocenters. The average molecular weight is 255 g/mol. The van der Waals surface area contributed by atoms with Crippen LogP contribution in [-0.2, 0) is 6.54 Å². The summed E-state index contributed by atoms with van der Waals surface area (Å²) in [5.74, 6) is 0. The van der Waals surface area contributed by atoms with Gasteiger partial charge < -0.3 is 0 Å². The van der Waals surface area contributed by atoms with Crippen LogP contribution in [0, 0.1) is 6.92 Å². The Morgan fingerprint density at radius 1 is 1.36 bits per heavy atom. The zero-order valence-electron chi connectivity index (χ0n) is 8.62. The minimum Gasteiger partial charge on any atom is -0.298 e. The van der Waals surface area contributed by atoms with E-state index in [1.54, 1.807) is 0 Å². The lowest BCUT2D eigenvalue weighted by Gasteiger charge is -2.21. The first-order valence-corrected chi connectivity index (χ1v) is 5.87. The number of benzene rings is 1. The Labute approximate surface area is 95.2 Å². The van der Waals surface area contributed by atoms with Gasteiger partial charge in [-0.2, -0.15) is 0 Å². The average Bonchev–Trinajstić information content (AvgIpc) is 2.17. The highest BCUT2D eigenvalue weighted by molar-refractivity contribution is 9.09. The summed E-state index contributed by atoms with van der Waals surface area (Å²) in [5.41, 5.74) is 1.36. The summed E-state index contributed by atoms with van der Waals surface area (Å²) in [7, 11) is 0. The molecule has 0 saturated heterocycles. The molecule has 1 radical (unpaired) electrons. The van der Waals surface area contributed by atoms with Crippen LogP contribution in [0.3, 0.4) is 0 Å². The van der Waals surface area contributed by atoms with Gasteiger partial charge in [-0.25, -0.2) is 0 Å². The molecule has 1 rings (SSSR count). The van der Waals surface area contributed by atoms with E-state index in [1.807, 2.05) is 0 Å². The molecule has 0 aliphatic rings. The molecule has 0 spiro atoms. The maximum Gasteiger partial charge on any atom is 0.0273 e. The van der Waals surface area contributed by atoms with Crippen molar-refractivity contribution in [3.8, 4) is 0 Å². The standard InChI is InChI=1S/C12H17BrN/c1-3-14(9-11(2)13)10-12-7-5-4-6-8-12/h4-8,11H,2-3,9-10H2,1H3. The number of nitrogens with zero attached hydrogens (tertiary/aromatic N) is 1. The van der Waals surface area contributed by atoms with Crippen molar-refractivity contribution >= 4 is 15.9 Å². The van der Waals surface area contributed by atoms with E-state index in [0.717, 1.165) is 19.6 Å². The van der Waals surface area contributed by atoms with Crippen LogP contribution < -0.4 is 0 Å². The van der Waals surface area contributed by atoms with Gasteiger partial charge in [0.05, 0.1) is 0 Å². The summed E-state index contributed by atoms with van der Waals surface area (Å²) in [6, 6.07) is 10.5. The van der Waals surface area contributed by atoms with Crippen LogP contribution in [-0.4, -0.2) is 22.8 Å². The van der Waals surface area contributed by atoms with E-state index >= 15 is 0 Å². The molecule has 0 aliphatic carbocycles. The van der Waals surface area contributed by atoms with Crippen molar-refractivity contribution in [2.75, 3.05) is 13.1 Å². The highest BCUT2D eigenvalue weighted by Crippen LogP contribution is 2.07. The van der Waals surface area contributed by atoms with Crippen molar-refractivity contribution in [2.24, 2.45) is 0 Å². The second-order valence-electron chi connectivity index (χ2n) is 3.41. The predicted molar refractivity (Wildman–Crippen MR) is 65.5 cm³/mol. The molecule has 0 aromatic heterocycles. The van der Waals surface area contributed by atoms with Crippen molar-refractivity contribution in [3.63, 3.8) is 0 Å². The quantitative estimate of drug-likeness (QED) is 0.731. The highest BCUT2D eigenvalue weighted by atomic mass is 79.9. The van der Waals surface area contributed by atoms with Gasteiger partial charge in [0.15, 0.2) is 0 Å². The summed E-state index contributed by atoms with van der Waals surface area (Å²) >= 11 is 3.48. The monoisotopic (exact) mass is 254 g/mol. The topological polar surface area (TPSA) is 3.24 Å². The molecule has 0 saturated carbocycles. The minimum absolute atomic E-state index is 0.311. The molecule has 0 heterocycles. The Balaban J connectivity index is 2.48. The molecule has 0 amide bonds. The van der Waals surface area contributed by atoms with E-state index in [-0.39, 0.29) is 0 Å². The summed E-state index contributed by atoms with van der Waals surface area (Å²) in [6.07, 6.45) is 0. The largest absolute Gasteiger partial charge is 0.298 e. The Kier molecular flexibility index (Phi) is 5.20. The van der Waals surface area contributed by atoms with Crippen LogP contribution in [0.25, 0.3) is 0 Å². The van der Waals surface area contributed by atoms with Crippen LogP contribution in [0.15, 0.2) is 30.3 Å². The van der Waals surface area contributed by atoms with E-state index in [4.69, 9.17) is 0 Å². The van der Waals surface area contributed by atoms with Gasteiger partial charge in [0.25, 0.3) is 0 Å². The smallest absolute Gasteiger partial charge is 0.0273 e. The Bertz CT molecular complexity index is 246. The van der Waals surface area contributed by atoms with Gasteiger partial charge in [-0.15, -0.1) is 0 Å². The summed E-state index contributed by atoms with van der Waals surface area (Å²) < 4.78 is 0. The van der Waals surface area contributed by atoms with Crippen molar-refractivity contribution < 1.29 is 0 Å². The molecule has 2 heteroatoms. The fourth-order valence-electron chi connectivity index (χ4n) is 1.43. The number of alkyl halides is 1. The van der Waals surface area contributed by atoms with Gasteiger partial charge in [0.2, 0.25) is 0 Å². The normalized spacial score (nSPS) is 13.1. The molecule has 1 atom stereocenters. The summed E-state index contributed by atoms with van der Waals surface area (Å²) in [6.45, 7) is 9.18. The van der Waals surface area contributed by atoms with Crippen LogP contribution in [0.5, 0.6) is 0 Å². The molecule has 14 heavy (non-hydrogen) atoms. The molecule has 0 fully saturated rings. The van der Waals surface area contributed by atoms with E-state index in [2.05, 4.69) is 65.0 Å². The van der Waals surface area contributed by atoms with Gasteiger partial charge >= 0.3 is 0 Å². The number of hydrogen-bond donors (Lipinski definition) is 0. The summed E-state index contributed by atoms with van der Waals surface area (Å²) in [4.78, 5) is 2.69. The summed E-state index contributed by atoms with van der Waals surface area (Å²) in [5, 5.41) is 0. The van der Waals surface area contributed by atoms with E-state index in [1.165, 1.54) is 5.56 Å². The molecule has 1 aromatic rings. The van der Waals surface area contributed by atoms with Crippen molar-refractivity contribution in [3.05, 3.63) is 42.8 Å². The minimum atomic E-state index is 0.311. The van der Waals surface area contributed by atoms with Crippen LogP contribution in [0.4, 0.5) is 0 Å². The zero-order valence-corrected chi connectivity index (χ0v) is 10.2. The van der Waals surface area contributed by atoms with E-state index in [0.29, 0.717) is 4.83 Å². The molecular formula is C12H17BrN. The lowest BCUT2D eigenvalue weighted by molar-refractivity contribution is 0.289.